The fourth-order valence-corrected chi connectivity index (χ4v) is 5.92. The van der Waals surface area contributed by atoms with Crippen LogP contribution in [-0.4, -0.2) is 14.2 Å². The highest BCUT2D eigenvalue weighted by Gasteiger charge is 2.53. The summed E-state index contributed by atoms with van der Waals surface area (Å²) in [5.41, 5.74) is -1.81. The predicted molar refractivity (Wildman–Crippen MR) is 103 cm³/mol. The van der Waals surface area contributed by atoms with Crippen molar-refractivity contribution in [3.05, 3.63) is 62.6 Å². The number of nitriles is 1. The number of halogens is 6. The van der Waals surface area contributed by atoms with Crippen molar-refractivity contribution < 1.29 is 26.4 Å². The van der Waals surface area contributed by atoms with Gasteiger partial charge in [0.15, 0.2) is 20.4 Å². The standard InChI is InChI=1S/C18H11Cl3F3NO3S/c1-10(26)17(6-7-25,29(27,28)13-4-2-12(19)3-5-13)16-14(20)8-11(9-15(16)21)18(22,23)24/h2-5,8-9H,6H2,1H3. The van der Waals surface area contributed by atoms with Crippen molar-refractivity contribution in [2.24, 2.45) is 0 Å². The summed E-state index contributed by atoms with van der Waals surface area (Å²) in [6.07, 6.45) is -5.73. The van der Waals surface area contributed by atoms with Crippen LogP contribution in [0.1, 0.15) is 24.5 Å². The molecule has 154 valence electrons. The zero-order valence-corrected chi connectivity index (χ0v) is 17.6. The molecule has 0 fully saturated rings. The van der Waals surface area contributed by atoms with Crippen LogP contribution in [0.2, 0.25) is 15.1 Å². The first-order valence-electron chi connectivity index (χ1n) is 7.74. The Hall–Kier alpha value is -1.79. The van der Waals surface area contributed by atoms with Crippen molar-refractivity contribution >= 4 is 50.4 Å². The van der Waals surface area contributed by atoms with Crippen LogP contribution in [0.15, 0.2) is 41.3 Å². The molecule has 0 radical (unpaired) electrons. The Morgan fingerprint density at radius 3 is 1.93 bits per heavy atom. The summed E-state index contributed by atoms with van der Waals surface area (Å²) < 4.78 is 63.4. The highest BCUT2D eigenvalue weighted by molar-refractivity contribution is 7.93. The van der Waals surface area contributed by atoms with Crippen molar-refractivity contribution in [1.29, 1.82) is 5.26 Å². The zero-order chi connectivity index (χ0) is 22.2. The van der Waals surface area contributed by atoms with E-state index in [9.17, 15) is 31.6 Å². The molecule has 1 atom stereocenters. The summed E-state index contributed by atoms with van der Waals surface area (Å²) in [5.74, 6) is -1.03. The highest BCUT2D eigenvalue weighted by Crippen LogP contribution is 2.47. The molecule has 29 heavy (non-hydrogen) atoms. The van der Waals surface area contributed by atoms with E-state index < -0.39 is 54.1 Å². The number of carbonyl (C=O) groups excluding carboxylic acids is 1. The number of sulfone groups is 1. The number of hydrogen-bond donors (Lipinski definition) is 0. The van der Waals surface area contributed by atoms with Gasteiger partial charge in [-0.15, -0.1) is 0 Å². The second-order valence-corrected chi connectivity index (χ2v) is 9.41. The fourth-order valence-electron chi connectivity index (χ4n) is 2.86. The largest absolute Gasteiger partial charge is 0.416 e. The van der Waals surface area contributed by atoms with Crippen molar-refractivity contribution in [1.82, 2.24) is 0 Å². The lowest BCUT2D eigenvalue weighted by molar-refractivity contribution is -0.137. The zero-order valence-electron chi connectivity index (χ0n) is 14.5. The van der Waals surface area contributed by atoms with Crippen LogP contribution in [-0.2, 0) is 25.6 Å². The van der Waals surface area contributed by atoms with Gasteiger partial charge in [0, 0.05) is 20.6 Å². The fraction of sp³-hybridized carbons (Fsp3) is 0.222. The number of Topliss-reactive ketones (excluding diaryl/α,β-unsaturated/α-hetero) is 1. The molecular formula is C18H11Cl3F3NO3S. The smallest absolute Gasteiger partial charge is 0.298 e. The Bertz CT molecular complexity index is 1090. The molecule has 2 aromatic carbocycles. The van der Waals surface area contributed by atoms with Crippen LogP contribution < -0.4 is 0 Å². The van der Waals surface area contributed by atoms with Gasteiger partial charge in [0.25, 0.3) is 0 Å². The van der Waals surface area contributed by atoms with E-state index in [0.29, 0.717) is 12.1 Å². The van der Waals surface area contributed by atoms with Gasteiger partial charge in [-0.2, -0.15) is 18.4 Å². The van der Waals surface area contributed by atoms with E-state index in [0.717, 1.165) is 19.1 Å². The number of carbonyl (C=O) groups is 1. The summed E-state index contributed by atoms with van der Waals surface area (Å²) in [6.45, 7) is 0.898. The van der Waals surface area contributed by atoms with Gasteiger partial charge in [-0.05, 0) is 43.3 Å². The van der Waals surface area contributed by atoms with Crippen molar-refractivity contribution in [2.75, 3.05) is 0 Å². The third kappa shape index (κ3) is 4.10. The molecule has 1 unspecified atom stereocenters. The molecule has 0 aliphatic heterocycles. The first kappa shape index (κ1) is 23.5. The number of nitrogens with zero attached hydrogens (tertiary/aromatic N) is 1. The summed E-state index contributed by atoms with van der Waals surface area (Å²) >= 11 is 17.7. The quantitative estimate of drug-likeness (QED) is 0.534. The molecule has 0 spiro atoms. The van der Waals surface area contributed by atoms with E-state index in [-0.39, 0.29) is 9.92 Å². The van der Waals surface area contributed by atoms with E-state index in [1.807, 2.05) is 0 Å². The third-order valence-electron chi connectivity index (χ3n) is 4.25. The minimum atomic E-state index is -4.81. The number of hydrogen-bond acceptors (Lipinski definition) is 4. The first-order valence-corrected chi connectivity index (χ1v) is 10.4. The molecule has 0 aliphatic rings. The van der Waals surface area contributed by atoms with Gasteiger partial charge in [-0.25, -0.2) is 8.42 Å². The maximum Gasteiger partial charge on any atom is 0.416 e. The molecule has 11 heteroatoms. The average Bonchev–Trinajstić information content (AvgIpc) is 2.59. The molecule has 0 saturated heterocycles. The summed E-state index contributed by atoms with van der Waals surface area (Å²) in [6, 6.07) is 7.27. The van der Waals surface area contributed by atoms with Crippen molar-refractivity contribution in [2.45, 2.75) is 29.2 Å². The van der Waals surface area contributed by atoms with Gasteiger partial charge in [-0.3, -0.25) is 4.79 Å². The van der Waals surface area contributed by atoms with Crippen LogP contribution in [0.5, 0.6) is 0 Å². The van der Waals surface area contributed by atoms with Crippen LogP contribution in [0, 0.1) is 11.3 Å². The summed E-state index contributed by atoms with van der Waals surface area (Å²) in [7, 11) is -4.67. The van der Waals surface area contributed by atoms with E-state index >= 15 is 0 Å². The Labute approximate surface area is 179 Å². The van der Waals surface area contributed by atoms with Gasteiger partial charge in [0.05, 0.1) is 22.9 Å². The number of benzene rings is 2. The van der Waals surface area contributed by atoms with E-state index in [1.165, 1.54) is 12.1 Å². The summed E-state index contributed by atoms with van der Waals surface area (Å²) in [4.78, 5) is 12.3. The van der Waals surface area contributed by atoms with E-state index in [1.54, 1.807) is 6.07 Å². The second kappa shape index (κ2) is 8.15. The topological polar surface area (TPSA) is 75.0 Å². The van der Waals surface area contributed by atoms with Crippen LogP contribution >= 0.6 is 34.8 Å². The maximum absolute atomic E-state index is 13.4. The minimum absolute atomic E-state index is 0.211. The monoisotopic (exact) mass is 483 g/mol. The van der Waals surface area contributed by atoms with E-state index in [4.69, 9.17) is 34.8 Å². The van der Waals surface area contributed by atoms with Gasteiger partial charge in [0.1, 0.15) is 0 Å². The molecule has 0 bridgehead atoms. The molecule has 0 saturated carbocycles. The van der Waals surface area contributed by atoms with Gasteiger partial charge in [-0.1, -0.05) is 34.8 Å². The number of rotatable bonds is 5. The SMILES string of the molecule is CC(=O)C(CC#N)(c1c(Cl)cc(C(F)(F)F)cc1Cl)S(=O)(=O)c1ccc(Cl)cc1. The lowest BCUT2D eigenvalue weighted by Crippen LogP contribution is -2.43. The van der Waals surface area contributed by atoms with Crippen molar-refractivity contribution in [3.8, 4) is 6.07 Å². The van der Waals surface area contributed by atoms with Crippen LogP contribution in [0.3, 0.4) is 0 Å². The lowest BCUT2D eigenvalue weighted by Gasteiger charge is -2.31. The Morgan fingerprint density at radius 1 is 1.07 bits per heavy atom. The van der Waals surface area contributed by atoms with Gasteiger partial charge >= 0.3 is 6.18 Å². The van der Waals surface area contributed by atoms with Crippen molar-refractivity contribution in [3.63, 3.8) is 0 Å². The summed E-state index contributed by atoms with van der Waals surface area (Å²) in [5, 5.41) is 8.09. The Morgan fingerprint density at radius 2 is 1.55 bits per heavy atom. The third-order valence-corrected chi connectivity index (χ3v) is 7.55. The van der Waals surface area contributed by atoms with Crippen LogP contribution in [0.4, 0.5) is 13.2 Å². The molecule has 0 aliphatic carbocycles. The molecule has 0 heterocycles. The van der Waals surface area contributed by atoms with Gasteiger partial charge < -0.3 is 0 Å². The molecule has 0 aromatic heterocycles. The normalized spacial score (nSPS) is 14.1. The van der Waals surface area contributed by atoms with E-state index in [2.05, 4.69) is 0 Å². The molecule has 2 rings (SSSR count). The second-order valence-electron chi connectivity index (χ2n) is 5.99. The average molecular weight is 485 g/mol. The Kier molecular flexibility index (Phi) is 6.60. The first-order chi connectivity index (χ1) is 13.3. The molecular weight excluding hydrogens is 474 g/mol. The predicted octanol–water partition coefficient (Wildman–Crippen LogP) is 5.84. The molecule has 2 aromatic rings. The lowest BCUT2D eigenvalue weighted by atomic mass is 9.90. The van der Waals surface area contributed by atoms with Gasteiger partial charge in [0.2, 0.25) is 0 Å². The highest BCUT2D eigenvalue weighted by atomic mass is 35.5. The minimum Gasteiger partial charge on any atom is -0.298 e. The maximum atomic E-state index is 13.4. The molecule has 0 N–H and O–H groups in total. The number of alkyl halides is 3. The number of ketones is 1. The van der Waals surface area contributed by atoms with Crippen LogP contribution in [0.25, 0.3) is 0 Å². The Balaban J connectivity index is 2.94. The molecule has 4 nitrogen and oxygen atoms in total. The molecule has 0 amide bonds.